The maximum atomic E-state index is 12.0. The van der Waals surface area contributed by atoms with Crippen LogP contribution in [0, 0.1) is 6.92 Å². The van der Waals surface area contributed by atoms with E-state index in [0.717, 1.165) is 15.7 Å². The van der Waals surface area contributed by atoms with Crippen molar-refractivity contribution in [2.45, 2.75) is 6.92 Å². The van der Waals surface area contributed by atoms with E-state index in [9.17, 15) is 9.59 Å². The van der Waals surface area contributed by atoms with Gasteiger partial charge in [0.15, 0.2) is 0 Å². The van der Waals surface area contributed by atoms with Gasteiger partial charge in [0, 0.05) is 28.0 Å². The molecule has 0 spiro atoms. The van der Waals surface area contributed by atoms with Gasteiger partial charge in [-0.2, -0.15) is 0 Å². The molecule has 92 valence electrons. The second-order valence-electron chi connectivity index (χ2n) is 3.81. The van der Waals surface area contributed by atoms with Crippen molar-refractivity contribution in [2.75, 3.05) is 5.32 Å². The van der Waals surface area contributed by atoms with E-state index in [-0.39, 0.29) is 11.5 Å². The molecule has 0 bridgehead atoms. The molecular weight excluding hydrogens is 296 g/mol. The van der Waals surface area contributed by atoms with Gasteiger partial charge in [-0.05, 0) is 30.7 Å². The van der Waals surface area contributed by atoms with E-state index in [0.29, 0.717) is 5.56 Å². The quantitative estimate of drug-likeness (QED) is 0.896. The Labute approximate surface area is 112 Å². The lowest BCUT2D eigenvalue weighted by molar-refractivity contribution is 0.102. The van der Waals surface area contributed by atoms with E-state index in [1.165, 1.54) is 12.3 Å². The third-order valence-electron chi connectivity index (χ3n) is 2.55. The van der Waals surface area contributed by atoms with E-state index in [4.69, 9.17) is 0 Å². The van der Waals surface area contributed by atoms with Crippen LogP contribution in [-0.4, -0.2) is 10.9 Å². The minimum Gasteiger partial charge on any atom is -0.329 e. The van der Waals surface area contributed by atoms with Crippen molar-refractivity contribution in [3.63, 3.8) is 0 Å². The number of aromatic nitrogens is 1. The summed E-state index contributed by atoms with van der Waals surface area (Å²) in [6.07, 6.45) is 1.45. The summed E-state index contributed by atoms with van der Waals surface area (Å²) < 4.78 is 0.922. The minimum atomic E-state index is -0.303. The number of rotatable bonds is 2. The number of carbonyl (C=O) groups excluding carboxylic acids is 1. The second kappa shape index (κ2) is 5.18. The Balaban J connectivity index is 2.27. The molecule has 0 aliphatic heterocycles. The third-order valence-corrected chi connectivity index (χ3v) is 3.41. The molecule has 1 aromatic heterocycles. The maximum absolute atomic E-state index is 12.0. The highest BCUT2D eigenvalue weighted by atomic mass is 79.9. The molecule has 0 aliphatic carbocycles. The summed E-state index contributed by atoms with van der Waals surface area (Å²) in [5.41, 5.74) is 1.69. The number of anilines is 1. The number of aromatic amines is 1. The van der Waals surface area contributed by atoms with E-state index < -0.39 is 0 Å². The van der Waals surface area contributed by atoms with Gasteiger partial charge in [0.2, 0.25) is 5.56 Å². The molecule has 0 unspecified atom stereocenters. The molecule has 1 amide bonds. The van der Waals surface area contributed by atoms with Crippen LogP contribution in [0.25, 0.3) is 0 Å². The molecule has 0 radical (unpaired) electrons. The lowest BCUT2D eigenvalue weighted by Gasteiger charge is -2.09. The van der Waals surface area contributed by atoms with Gasteiger partial charge in [-0.15, -0.1) is 0 Å². The summed E-state index contributed by atoms with van der Waals surface area (Å²) in [6.45, 7) is 1.90. The summed E-state index contributed by atoms with van der Waals surface area (Å²) in [7, 11) is 0. The molecule has 1 heterocycles. The van der Waals surface area contributed by atoms with Crippen molar-refractivity contribution < 1.29 is 4.79 Å². The van der Waals surface area contributed by atoms with Crippen LogP contribution in [0.3, 0.4) is 0 Å². The molecule has 0 atom stereocenters. The Hall–Kier alpha value is -1.88. The fourth-order valence-electron chi connectivity index (χ4n) is 1.52. The molecule has 0 fully saturated rings. The Morgan fingerprint density at radius 3 is 2.83 bits per heavy atom. The Bertz CT molecular complexity index is 649. The number of hydrogen-bond acceptors (Lipinski definition) is 2. The predicted molar refractivity (Wildman–Crippen MR) is 73.9 cm³/mol. The van der Waals surface area contributed by atoms with Crippen LogP contribution in [0.4, 0.5) is 5.69 Å². The van der Waals surface area contributed by atoms with Gasteiger partial charge in [-0.3, -0.25) is 9.59 Å². The first kappa shape index (κ1) is 12.6. The molecule has 2 rings (SSSR count). The average Bonchev–Trinajstić information content (AvgIpc) is 2.35. The first-order chi connectivity index (χ1) is 8.58. The van der Waals surface area contributed by atoms with Crippen molar-refractivity contribution >= 4 is 27.5 Å². The smallest absolute Gasteiger partial charge is 0.255 e. The lowest BCUT2D eigenvalue weighted by atomic mass is 10.2. The topological polar surface area (TPSA) is 62.0 Å². The van der Waals surface area contributed by atoms with Gasteiger partial charge >= 0.3 is 0 Å². The molecule has 0 aliphatic rings. The fourth-order valence-corrected chi connectivity index (χ4v) is 1.89. The Morgan fingerprint density at radius 1 is 1.33 bits per heavy atom. The fraction of sp³-hybridized carbons (Fsp3) is 0.0769. The zero-order chi connectivity index (χ0) is 13.1. The second-order valence-corrected chi connectivity index (χ2v) is 4.66. The molecule has 0 saturated carbocycles. The van der Waals surface area contributed by atoms with Gasteiger partial charge in [-0.1, -0.05) is 22.0 Å². The normalized spacial score (nSPS) is 10.1. The average molecular weight is 307 g/mol. The van der Waals surface area contributed by atoms with E-state index in [1.54, 1.807) is 6.07 Å². The summed E-state index contributed by atoms with van der Waals surface area (Å²) >= 11 is 3.40. The van der Waals surface area contributed by atoms with E-state index >= 15 is 0 Å². The van der Waals surface area contributed by atoms with Crippen LogP contribution in [0.15, 0.2) is 45.8 Å². The van der Waals surface area contributed by atoms with Crippen LogP contribution in [-0.2, 0) is 0 Å². The van der Waals surface area contributed by atoms with E-state index in [1.807, 2.05) is 25.1 Å². The number of H-pyrrole nitrogens is 1. The highest BCUT2D eigenvalue weighted by Crippen LogP contribution is 2.23. The maximum Gasteiger partial charge on any atom is 0.255 e. The van der Waals surface area contributed by atoms with Gasteiger partial charge in [0.25, 0.3) is 5.91 Å². The first-order valence-corrected chi connectivity index (χ1v) is 6.12. The number of hydrogen-bond donors (Lipinski definition) is 2. The van der Waals surface area contributed by atoms with Crippen LogP contribution in [0.5, 0.6) is 0 Å². The van der Waals surface area contributed by atoms with E-state index in [2.05, 4.69) is 26.2 Å². The van der Waals surface area contributed by atoms with Crippen molar-refractivity contribution in [1.29, 1.82) is 0 Å². The molecule has 5 heteroatoms. The zero-order valence-corrected chi connectivity index (χ0v) is 11.2. The van der Waals surface area contributed by atoms with Crippen LogP contribution in [0.1, 0.15) is 15.9 Å². The van der Waals surface area contributed by atoms with Crippen molar-refractivity contribution in [3.05, 3.63) is 62.5 Å². The highest BCUT2D eigenvalue weighted by Gasteiger charge is 2.08. The molecule has 0 saturated heterocycles. The Morgan fingerprint density at radius 2 is 2.11 bits per heavy atom. The third kappa shape index (κ3) is 2.68. The minimum absolute atomic E-state index is 0.298. The molecule has 2 N–H and O–H groups in total. The SMILES string of the molecule is Cc1c(Br)cccc1NC(=O)c1cc[nH]c(=O)c1. The molecule has 4 nitrogen and oxygen atoms in total. The van der Waals surface area contributed by atoms with Gasteiger partial charge in [-0.25, -0.2) is 0 Å². The molecule has 2 aromatic rings. The predicted octanol–water partition coefficient (Wildman–Crippen LogP) is 2.70. The molecule has 1 aromatic carbocycles. The lowest BCUT2D eigenvalue weighted by Crippen LogP contribution is -2.16. The van der Waals surface area contributed by atoms with Crippen molar-refractivity contribution in [3.8, 4) is 0 Å². The highest BCUT2D eigenvalue weighted by molar-refractivity contribution is 9.10. The van der Waals surface area contributed by atoms with Crippen LogP contribution >= 0.6 is 15.9 Å². The number of amides is 1. The summed E-state index contributed by atoms with van der Waals surface area (Å²) in [4.78, 5) is 25.5. The largest absolute Gasteiger partial charge is 0.329 e. The van der Waals surface area contributed by atoms with Crippen molar-refractivity contribution in [2.24, 2.45) is 0 Å². The summed E-state index contributed by atoms with van der Waals surface area (Å²) in [6, 6.07) is 8.38. The van der Waals surface area contributed by atoms with Gasteiger partial charge in [0.1, 0.15) is 0 Å². The van der Waals surface area contributed by atoms with Gasteiger partial charge in [0.05, 0.1) is 0 Å². The molecular formula is C13H11BrN2O2. The van der Waals surface area contributed by atoms with Gasteiger partial charge < -0.3 is 10.3 Å². The van der Waals surface area contributed by atoms with Crippen LogP contribution in [0.2, 0.25) is 0 Å². The number of carbonyl (C=O) groups is 1. The number of nitrogens with one attached hydrogen (secondary N) is 2. The van der Waals surface area contributed by atoms with Crippen molar-refractivity contribution in [1.82, 2.24) is 4.98 Å². The monoisotopic (exact) mass is 306 g/mol. The number of pyridine rings is 1. The number of halogens is 1. The molecule has 18 heavy (non-hydrogen) atoms. The summed E-state index contributed by atoms with van der Waals surface area (Å²) in [5.74, 6) is -0.303. The first-order valence-electron chi connectivity index (χ1n) is 5.33. The summed E-state index contributed by atoms with van der Waals surface area (Å²) in [5, 5.41) is 2.77. The Kier molecular flexibility index (Phi) is 3.62. The van der Waals surface area contributed by atoms with Crippen LogP contribution < -0.4 is 10.9 Å². The standard InChI is InChI=1S/C13H11BrN2O2/c1-8-10(14)3-2-4-11(8)16-13(18)9-5-6-15-12(17)7-9/h2-7H,1H3,(H,15,17)(H,16,18). The zero-order valence-electron chi connectivity index (χ0n) is 9.66. The number of benzene rings is 1.